The summed E-state index contributed by atoms with van der Waals surface area (Å²) in [6, 6.07) is 13.8. The first-order valence-electron chi connectivity index (χ1n) is 8.78. The second kappa shape index (κ2) is 7.33. The van der Waals surface area contributed by atoms with E-state index in [1.165, 1.54) is 4.31 Å². The normalized spacial score (nSPS) is 13.8. The van der Waals surface area contributed by atoms with Crippen LogP contribution in [0.2, 0.25) is 0 Å². The number of aromatic nitrogens is 2. The van der Waals surface area contributed by atoms with Crippen molar-refractivity contribution in [2.75, 3.05) is 16.2 Å². The zero-order valence-corrected chi connectivity index (χ0v) is 16.8. The molecule has 0 aliphatic carbocycles. The number of amides is 1. The van der Waals surface area contributed by atoms with Gasteiger partial charge in [-0.3, -0.25) is 9.10 Å². The number of nitrogens with one attached hydrogen (secondary N) is 1. The molecule has 4 rings (SSSR count). The van der Waals surface area contributed by atoms with Crippen LogP contribution in [0.15, 0.2) is 53.4 Å². The van der Waals surface area contributed by atoms with Crippen LogP contribution in [-0.4, -0.2) is 30.5 Å². The quantitative estimate of drug-likeness (QED) is 0.708. The SMILES string of the molecule is Cc1nnsc1C(=O)Nc1ccc2c(c1)N(S(=O)(=O)c1ccccc1)CCC2. The van der Waals surface area contributed by atoms with Crippen molar-refractivity contribution in [3.63, 3.8) is 0 Å². The van der Waals surface area contributed by atoms with Gasteiger partial charge in [0.1, 0.15) is 4.88 Å². The van der Waals surface area contributed by atoms with E-state index >= 15 is 0 Å². The molecule has 1 N–H and O–H groups in total. The summed E-state index contributed by atoms with van der Waals surface area (Å²) >= 11 is 1.03. The molecular formula is C19H18N4O3S2. The topological polar surface area (TPSA) is 92.3 Å². The van der Waals surface area contributed by atoms with Crippen molar-refractivity contribution in [1.29, 1.82) is 0 Å². The molecule has 3 aromatic rings. The molecule has 1 aliphatic heterocycles. The van der Waals surface area contributed by atoms with Gasteiger partial charge in [-0.2, -0.15) is 0 Å². The number of rotatable bonds is 4. The highest BCUT2D eigenvalue weighted by Gasteiger charge is 2.29. The summed E-state index contributed by atoms with van der Waals surface area (Å²) < 4.78 is 31.5. The fourth-order valence-corrected chi connectivity index (χ4v) is 5.32. The maximum absolute atomic E-state index is 13.1. The smallest absolute Gasteiger partial charge is 0.269 e. The molecule has 0 unspecified atom stereocenters. The van der Waals surface area contributed by atoms with Crippen LogP contribution in [0.4, 0.5) is 11.4 Å². The van der Waals surface area contributed by atoms with Gasteiger partial charge < -0.3 is 5.32 Å². The molecule has 1 amide bonds. The van der Waals surface area contributed by atoms with E-state index in [1.807, 2.05) is 6.07 Å². The molecule has 2 heterocycles. The van der Waals surface area contributed by atoms with Gasteiger partial charge in [0, 0.05) is 12.2 Å². The lowest BCUT2D eigenvalue weighted by Gasteiger charge is -2.31. The maximum atomic E-state index is 13.1. The Bertz CT molecular complexity index is 1130. The lowest BCUT2D eigenvalue weighted by atomic mass is 10.0. The predicted octanol–water partition coefficient (Wildman–Crippen LogP) is 3.24. The Morgan fingerprint density at radius 3 is 2.68 bits per heavy atom. The molecule has 2 aromatic carbocycles. The first kappa shape index (κ1) is 18.6. The van der Waals surface area contributed by atoms with E-state index in [2.05, 4.69) is 14.9 Å². The molecule has 0 saturated heterocycles. The summed E-state index contributed by atoms with van der Waals surface area (Å²) in [6.45, 7) is 2.12. The minimum absolute atomic E-state index is 0.253. The van der Waals surface area contributed by atoms with Gasteiger partial charge in [-0.15, -0.1) is 5.10 Å². The molecule has 0 bridgehead atoms. The highest BCUT2D eigenvalue weighted by atomic mass is 32.2. The molecule has 1 aliphatic rings. The Morgan fingerprint density at radius 1 is 1.18 bits per heavy atom. The molecule has 0 fully saturated rings. The zero-order chi connectivity index (χ0) is 19.7. The molecule has 28 heavy (non-hydrogen) atoms. The number of hydrogen-bond donors (Lipinski definition) is 1. The summed E-state index contributed by atoms with van der Waals surface area (Å²) in [6.07, 6.45) is 1.54. The standard InChI is InChI=1S/C19H18N4O3S2/c1-13-18(27-22-21-13)19(24)20-15-10-9-14-6-5-11-23(17(14)12-15)28(25,26)16-7-3-2-4-8-16/h2-4,7-10,12H,5-6,11H2,1H3,(H,20,24). The predicted molar refractivity (Wildman–Crippen MR) is 108 cm³/mol. The van der Waals surface area contributed by atoms with Gasteiger partial charge in [-0.1, -0.05) is 28.8 Å². The highest BCUT2D eigenvalue weighted by molar-refractivity contribution is 7.92. The summed E-state index contributed by atoms with van der Waals surface area (Å²) in [5, 5.41) is 6.66. The van der Waals surface area contributed by atoms with E-state index in [-0.39, 0.29) is 10.8 Å². The molecule has 144 valence electrons. The van der Waals surface area contributed by atoms with Crippen LogP contribution in [0, 0.1) is 6.92 Å². The monoisotopic (exact) mass is 414 g/mol. The van der Waals surface area contributed by atoms with Crippen LogP contribution in [0.3, 0.4) is 0 Å². The van der Waals surface area contributed by atoms with Crippen LogP contribution >= 0.6 is 11.5 Å². The van der Waals surface area contributed by atoms with Gasteiger partial charge in [0.15, 0.2) is 0 Å². The molecule has 0 radical (unpaired) electrons. The molecule has 0 spiro atoms. The molecular weight excluding hydrogens is 396 g/mol. The first-order chi connectivity index (χ1) is 13.5. The van der Waals surface area contributed by atoms with Crippen molar-refractivity contribution in [3.05, 3.63) is 64.7 Å². The molecule has 9 heteroatoms. The minimum Gasteiger partial charge on any atom is -0.321 e. The Balaban J connectivity index is 1.68. The van der Waals surface area contributed by atoms with Gasteiger partial charge in [-0.05, 0) is 61.1 Å². The largest absolute Gasteiger partial charge is 0.321 e. The van der Waals surface area contributed by atoms with E-state index in [0.29, 0.717) is 28.5 Å². The molecule has 1 aromatic heterocycles. The van der Waals surface area contributed by atoms with Crippen molar-refractivity contribution < 1.29 is 13.2 Å². The fourth-order valence-electron chi connectivity index (χ4n) is 3.22. The van der Waals surface area contributed by atoms with E-state index in [1.54, 1.807) is 49.4 Å². The zero-order valence-electron chi connectivity index (χ0n) is 15.1. The maximum Gasteiger partial charge on any atom is 0.269 e. The number of benzene rings is 2. The third kappa shape index (κ3) is 3.38. The third-order valence-corrected chi connectivity index (χ3v) is 7.26. The summed E-state index contributed by atoms with van der Waals surface area (Å²) in [7, 11) is -3.67. The Hall–Kier alpha value is -2.78. The number of fused-ring (bicyclic) bond motifs is 1. The van der Waals surface area contributed by atoms with Gasteiger partial charge in [0.25, 0.3) is 15.9 Å². The molecule has 7 nitrogen and oxygen atoms in total. The lowest BCUT2D eigenvalue weighted by molar-refractivity contribution is 0.103. The average Bonchev–Trinajstić information content (AvgIpc) is 3.14. The second-order valence-corrected chi connectivity index (χ2v) is 9.10. The molecule has 0 atom stereocenters. The summed E-state index contributed by atoms with van der Waals surface area (Å²) in [5.41, 5.74) is 2.65. The van der Waals surface area contributed by atoms with Crippen LogP contribution in [0.1, 0.15) is 27.3 Å². The van der Waals surface area contributed by atoms with E-state index in [0.717, 1.165) is 29.9 Å². The van der Waals surface area contributed by atoms with E-state index in [4.69, 9.17) is 0 Å². The van der Waals surface area contributed by atoms with Crippen molar-refractivity contribution in [2.45, 2.75) is 24.7 Å². The van der Waals surface area contributed by atoms with Crippen LogP contribution in [0.5, 0.6) is 0 Å². The number of carbonyl (C=O) groups is 1. The molecule has 0 saturated carbocycles. The highest BCUT2D eigenvalue weighted by Crippen LogP contribution is 2.34. The van der Waals surface area contributed by atoms with Crippen molar-refractivity contribution >= 4 is 38.8 Å². The van der Waals surface area contributed by atoms with Crippen molar-refractivity contribution in [1.82, 2.24) is 9.59 Å². The second-order valence-electron chi connectivity index (χ2n) is 6.48. The van der Waals surface area contributed by atoms with Gasteiger partial charge in [0.05, 0.1) is 16.3 Å². The van der Waals surface area contributed by atoms with Crippen LogP contribution in [0.25, 0.3) is 0 Å². The number of anilines is 2. The Kier molecular flexibility index (Phi) is 4.86. The first-order valence-corrected chi connectivity index (χ1v) is 11.0. The summed E-state index contributed by atoms with van der Waals surface area (Å²) in [4.78, 5) is 13.1. The van der Waals surface area contributed by atoms with Gasteiger partial charge >= 0.3 is 0 Å². The Labute approximate surface area is 167 Å². The van der Waals surface area contributed by atoms with Gasteiger partial charge in [-0.25, -0.2) is 8.42 Å². The number of aryl methyl sites for hydroxylation is 2. The van der Waals surface area contributed by atoms with Crippen molar-refractivity contribution in [2.24, 2.45) is 0 Å². The number of hydrogen-bond acceptors (Lipinski definition) is 6. The van der Waals surface area contributed by atoms with Crippen LogP contribution in [-0.2, 0) is 16.4 Å². The average molecular weight is 415 g/mol. The number of carbonyl (C=O) groups excluding carboxylic acids is 1. The van der Waals surface area contributed by atoms with E-state index < -0.39 is 10.0 Å². The fraction of sp³-hybridized carbons (Fsp3) is 0.211. The Morgan fingerprint density at radius 2 is 1.96 bits per heavy atom. The minimum atomic E-state index is -3.67. The van der Waals surface area contributed by atoms with E-state index in [9.17, 15) is 13.2 Å². The van der Waals surface area contributed by atoms with Gasteiger partial charge in [0.2, 0.25) is 0 Å². The van der Waals surface area contributed by atoms with Crippen LogP contribution < -0.4 is 9.62 Å². The number of nitrogens with zero attached hydrogens (tertiary/aromatic N) is 3. The number of sulfonamides is 1. The summed E-state index contributed by atoms with van der Waals surface area (Å²) in [5.74, 6) is -0.305. The van der Waals surface area contributed by atoms with Crippen molar-refractivity contribution in [3.8, 4) is 0 Å². The third-order valence-electron chi connectivity index (χ3n) is 4.61. The lowest BCUT2D eigenvalue weighted by Crippen LogP contribution is -2.35.